The second-order valence-corrected chi connectivity index (χ2v) is 6.89. The molecule has 148 valence electrons. The van der Waals surface area contributed by atoms with Gasteiger partial charge in [0.05, 0.1) is 19.0 Å². The van der Waals surface area contributed by atoms with Crippen LogP contribution in [0, 0.1) is 0 Å². The number of ether oxygens (including phenoxy) is 1. The van der Waals surface area contributed by atoms with Gasteiger partial charge in [0.1, 0.15) is 5.75 Å². The third-order valence-corrected chi connectivity index (χ3v) is 5.31. The zero-order valence-electron chi connectivity index (χ0n) is 16.1. The normalized spacial score (nSPS) is 17.6. The van der Waals surface area contributed by atoms with Crippen molar-refractivity contribution >= 4 is 23.9 Å². The molecule has 0 N–H and O–H groups in total. The first kappa shape index (κ1) is 18.3. The van der Waals surface area contributed by atoms with E-state index in [9.17, 15) is 4.79 Å². The standard InChI is InChI=1S/C19H25N7O2/c1-28-17-5-3-2-4-16(17)24-10-12-25(13-11-24)18-14-20-22-19(21-18)26-8-6-23(15-27)7-9-26/h2-5,14-15H,6-13H2,1H3. The molecule has 0 aliphatic carbocycles. The number of anilines is 3. The van der Waals surface area contributed by atoms with Gasteiger partial charge in [-0.1, -0.05) is 12.1 Å². The van der Waals surface area contributed by atoms with Gasteiger partial charge in [-0.25, -0.2) is 0 Å². The molecule has 9 heteroatoms. The van der Waals surface area contributed by atoms with E-state index in [-0.39, 0.29) is 0 Å². The molecular weight excluding hydrogens is 358 g/mol. The zero-order valence-corrected chi connectivity index (χ0v) is 16.1. The average Bonchev–Trinajstić information content (AvgIpc) is 2.79. The van der Waals surface area contributed by atoms with Gasteiger partial charge in [0.2, 0.25) is 12.4 Å². The van der Waals surface area contributed by atoms with E-state index in [1.54, 1.807) is 18.2 Å². The molecule has 0 unspecified atom stereocenters. The lowest BCUT2D eigenvalue weighted by Gasteiger charge is -2.37. The summed E-state index contributed by atoms with van der Waals surface area (Å²) in [6, 6.07) is 8.11. The van der Waals surface area contributed by atoms with Crippen molar-refractivity contribution in [3.05, 3.63) is 30.5 Å². The molecule has 9 nitrogen and oxygen atoms in total. The van der Waals surface area contributed by atoms with Crippen LogP contribution in [0.4, 0.5) is 17.5 Å². The third kappa shape index (κ3) is 3.78. The van der Waals surface area contributed by atoms with E-state index in [0.717, 1.165) is 62.9 Å². The first-order valence-corrected chi connectivity index (χ1v) is 9.55. The van der Waals surface area contributed by atoms with E-state index in [1.165, 1.54) is 0 Å². The number of benzene rings is 1. The lowest BCUT2D eigenvalue weighted by Crippen LogP contribution is -2.48. The maximum absolute atomic E-state index is 10.9. The van der Waals surface area contributed by atoms with Gasteiger partial charge >= 0.3 is 0 Å². The van der Waals surface area contributed by atoms with Gasteiger partial charge in [-0.05, 0) is 12.1 Å². The summed E-state index contributed by atoms with van der Waals surface area (Å²) in [7, 11) is 1.71. The van der Waals surface area contributed by atoms with Crippen LogP contribution in [0.25, 0.3) is 0 Å². The van der Waals surface area contributed by atoms with Crippen molar-refractivity contribution in [3.8, 4) is 5.75 Å². The smallest absolute Gasteiger partial charge is 0.247 e. The summed E-state index contributed by atoms with van der Waals surface area (Å²) in [4.78, 5) is 24.0. The van der Waals surface area contributed by atoms with Crippen LogP contribution in [0.5, 0.6) is 5.75 Å². The fraction of sp³-hybridized carbons (Fsp3) is 0.474. The van der Waals surface area contributed by atoms with Crippen LogP contribution in [0.15, 0.2) is 30.5 Å². The summed E-state index contributed by atoms with van der Waals surface area (Å²) in [6.45, 7) is 6.32. The van der Waals surface area contributed by atoms with E-state index >= 15 is 0 Å². The maximum atomic E-state index is 10.9. The Bertz CT molecular complexity index is 802. The molecule has 0 saturated carbocycles. The minimum absolute atomic E-state index is 0.634. The van der Waals surface area contributed by atoms with Gasteiger partial charge in [0.15, 0.2) is 5.82 Å². The highest BCUT2D eigenvalue weighted by molar-refractivity contribution is 5.59. The number of hydrogen-bond acceptors (Lipinski definition) is 8. The van der Waals surface area contributed by atoms with E-state index in [2.05, 4.69) is 31.0 Å². The predicted molar refractivity (Wildman–Crippen MR) is 107 cm³/mol. The van der Waals surface area contributed by atoms with Gasteiger partial charge in [-0.2, -0.15) is 10.1 Å². The number of nitrogens with zero attached hydrogens (tertiary/aromatic N) is 7. The Morgan fingerprint density at radius 1 is 0.929 bits per heavy atom. The van der Waals surface area contributed by atoms with Crippen LogP contribution >= 0.6 is 0 Å². The predicted octanol–water partition coefficient (Wildman–Crippen LogP) is 0.485. The molecule has 28 heavy (non-hydrogen) atoms. The van der Waals surface area contributed by atoms with Crippen LogP contribution in [-0.4, -0.2) is 86.0 Å². The number of para-hydroxylation sites is 2. The summed E-state index contributed by atoms with van der Waals surface area (Å²) >= 11 is 0. The van der Waals surface area contributed by atoms with Crippen LogP contribution in [-0.2, 0) is 4.79 Å². The van der Waals surface area contributed by atoms with E-state index in [1.807, 2.05) is 18.2 Å². The number of carbonyl (C=O) groups is 1. The summed E-state index contributed by atoms with van der Waals surface area (Å²) in [5.74, 6) is 2.38. The Kier molecular flexibility index (Phi) is 5.41. The fourth-order valence-corrected chi connectivity index (χ4v) is 3.67. The molecule has 0 spiro atoms. The van der Waals surface area contributed by atoms with Gasteiger partial charge in [0, 0.05) is 52.4 Å². The molecule has 3 heterocycles. The van der Waals surface area contributed by atoms with Crippen molar-refractivity contribution in [1.29, 1.82) is 0 Å². The quantitative estimate of drug-likeness (QED) is 0.690. The van der Waals surface area contributed by atoms with Gasteiger partial charge in [-0.3, -0.25) is 4.79 Å². The second kappa shape index (κ2) is 8.28. The summed E-state index contributed by atoms with van der Waals surface area (Å²) in [6.07, 6.45) is 2.62. The highest BCUT2D eigenvalue weighted by Crippen LogP contribution is 2.29. The summed E-state index contributed by atoms with van der Waals surface area (Å²) in [5.41, 5.74) is 1.12. The summed E-state index contributed by atoms with van der Waals surface area (Å²) in [5, 5.41) is 8.36. The largest absolute Gasteiger partial charge is 0.495 e. The molecule has 0 atom stereocenters. The van der Waals surface area contributed by atoms with Crippen LogP contribution < -0.4 is 19.4 Å². The van der Waals surface area contributed by atoms with Crippen LogP contribution in [0.3, 0.4) is 0 Å². The van der Waals surface area contributed by atoms with Crippen molar-refractivity contribution in [2.75, 3.05) is 74.2 Å². The van der Waals surface area contributed by atoms with Gasteiger partial charge in [0.25, 0.3) is 0 Å². The Labute approximate surface area is 164 Å². The minimum atomic E-state index is 0.634. The number of piperazine rings is 2. The Balaban J connectivity index is 1.40. The number of rotatable bonds is 5. The van der Waals surface area contributed by atoms with E-state index < -0.39 is 0 Å². The molecule has 0 radical (unpaired) electrons. The van der Waals surface area contributed by atoms with Crippen molar-refractivity contribution in [2.45, 2.75) is 0 Å². The molecule has 2 fully saturated rings. The molecule has 2 aliphatic heterocycles. The molecular formula is C19H25N7O2. The zero-order chi connectivity index (χ0) is 19.3. The molecule has 2 saturated heterocycles. The molecule has 2 aliphatic rings. The number of carbonyl (C=O) groups excluding carboxylic acids is 1. The second-order valence-electron chi connectivity index (χ2n) is 6.89. The highest BCUT2D eigenvalue weighted by atomic mass is 16.5. The monoisotopic (exact) mass is 383 g/mol. The van der Waals surface area contributed by atoms with E-state index in [4.69, 9.17) is 9.72 Å². The Morgan fingerprint density at radius 3 is 2.32 bits per heavy atom. The summed E-state index contributed by atoms with van der Waals surface area (Å²) < 4.78 is 5.49. The van der Waals surface area contributed by atoms with Crippen molar-refractivity contribution in [2.24, 2.45) is 0 Å². The number of aromatic nitrogens is 3. The molecule has 1 aromatic heterocycles. The molecule has 0 bridgehead atoms. The SMILES string of the molecule is COc1ccccc1N1CCN(c2cnnc(N3CCN(C=O)CC3)n2)CC1. The highest BCUT2D eigenvalue weighted by Gasteiger charge is 2.23. The molecule has 1 aromatic carbocycles. The van der Waals surface area contributed by atoms with Crippen molar-refractivity contribution in [1.82, 2.24) is 20.1 Å². The fourth-order valence-electron chi connectivity index (χ4n) is 3.67. The maximum Gasteiger partial charge on any atom is 0.247 e. The van der Waals surface area contributed by atoms with Crippen LogP contribution in [0.1, 0.15) is 0 Å². The lowest BCUT2D eigenvalue weighted by atomic mass is 10.2. The molecule has 1 amide bonds. The van der Waals surface area contributed by atoms with Crippen LogP contribution in [0.2, 0.25) is 0 Å². The molecule has 2 aromatic rings. The third-order valence-electron chi connectivity index (χ3n) is 5.31. The minimum Gasteiger partial charge on any atom is -0.495 e. The Morgan fingerprint density at radius 2 is 1.61 bits per heavy atom. The first-order chi connectivity index (χ1) is 13.8. The van der Waals surface area contributed by atoms with E-state index in [0.29, 0.717) is 19.0 Å². The Hall–Kier alpha value is -3.10. The van der Waals surface area contributed by atoms with Crippen molar-refractivity contribution in [3.63, 3.8) is 0 Å². The van der Waals surface area contributed by atoms with Crippen molar-refractivity contribution < 1.29 is 9.53 Å². The van der Waals surface area contributed by atoms with Gasteiger partial charge < -0.3 is 24.3 Å². The number of hydrogen-bond donors (Lipinski definition) is 0. The number of methoxy groups -OCH3 is 1. The lowest BCUT2D eigenvalue weighted by molar-refractivity contribution is -0.118. The average molecular weight is 383 g/mol. The van der Waals surface area contributed by atoms with Gasteiger partial charge in [-0.15, -0.1) is 5.10 Å². The number of amides is 1. The first-order valence-electron chi connectivity index (χ1n) is 9.55. The topological polar surface area (TPSA) is 77.9 Å². The molecule has 4 rings (SSSR count).